The van der Waals surface area contributed by atoms with Gasteiger partial charge in [0.25, 0.3) is 5.91 Å². The smallest absolute Gasteiger partial charge is 0.355 e. The van der Waals surface area contributed by atoms with Gasteiger partial charge >= 0.3 is 5.97 Å². The van der Waals surface area contributed by atoms with E-state index in [0.29, 0.717) is 36.4 Å². The molecule has 0 saturated heterocycles. The quantitative estimate of drug-likeness (QED) is 0.371. The van der Waals surface area contributed by atoms with Gasteiger partial charge in [-0.1, -0.05) is 0 Å². The third-order valence-electron chi connectivity index (χ3n) is 4.75. The molecule has 0 unspecified atom stereocenters. The number of nitrogens with one attached hydrogen (secondary N) is 1. The number of amides is 1. The molecule has 158 valence electrons. The number of carbonyl (C=O) groups excluding carboxylic acids is 3. The highest BCUT2D eigenvalue weighted by Crippen LogP contribution is 2.23. The van der Waals surface area contributed by atoms with Gasteiger partial charge in [0.05, 0.1) is 18.9 Å². The van der Waals surface area contributed by atoms with Crippen LogP contribution in [0.5, 0.6) is 0 Å². The summed E-state index contributed by atoms with van der Waals surface area (Å²) in [5, 5.41) is 0. The molecule has 2 rings (SSSR count). The molecular formula is C21H28N2O6. The Kier molecular flexibility index (Phi) is 7.78. The number of H-pyrrole nitrogens is 1. The number of furan rings is 1. The summed E-state index contributed by atoms with van der Waals surface area (Å²) in [6.07, 6.45) is 1.98. The molecule has 2 heterocycles. The summed E-state index contributed by atoms with van der Waals surface area (Å²) >= 11 is 0. The maximum absolute atomic E-state index is 13.3. The number of aryl methyl sites for hydroxylation is 1. The summed E-state index contributed by atoms with van der Waals surface area (Å²) in [7, 11) is 1.58. The second-order valence-electron chi connectivity index (χ2n) is 6.71. The van der Waals surface area contributed by atoms with Crippen LogP contribution in [0.15, 0.2) is 22.8 Å². The van der Waals surface area contributed by atoms with Gasteiger partial charge in [-0.3, -0.25) is 9.59 Å². The molecule has 0 spiro atoms. The van der Waals surface area contributed by atoms with Gasteiger partial charge in [0.1, 0.15) is 5.69 Å². The van der Waals surface area contributed by atoms with Gasteiger partial charge in [0, 0.05) is 31.5 Å². The molecule has 2 aromatic heterocycles. The number of methoxy groups -OCH3 is 1. The fourth-order valence-corrected chi connectivity index (χ4v) is 3.27. The number of Topliss-reactive ketones (excluding diaryl/α,β-unsaturated/α-hetero) is 1. The second-order valence-corrected chi connectivity index (χ2v) is 6.71. The molecule has 1 atom stereocenters. The molecule has 0 aromatic carbocycles. The lowest BCUT2D eigenvalue weighted by atomic mass is 9.99. The van der Waals surface area contributed by atoms with Crippen LogP contribution in [-0.4, -0.2) is 60.5 Å². The topological polar surface area (TPSA) is 102 Å². The SMILES string of the molecule is CCOC(=O)c1[nH]c(C)c(C(=O)[C@H](C)N(CCCOC)C(=O)c2ccco2)c1C. The lowest BCUT2D eigenvalue weighted by Crippen LogP contribution is -2.44. The van der Waals surface area contributed by atoms with E-state index in [2.05, 4.69) is 4.98 Å². The van der Waals surface area contributed by atoms with Crippen LogP contribution in [0.25, 0.3) is 0 Å². The van der Waals surface area contributed by atoms with Crippen LogP contribution < -0.4 is 0 Å². The van der Waals surface area contributed by atoms with E-state index in [1.165, 1.54) is 11.2 Å². The first-order valence-electron chi connectivity index (χ1n) is 9.57. The Bertz CT molecular complexity index is 853. The van der Waals surface area contributed by atoms with Crippen molar-refractivity contribution in [1.82, 2.24) is 9.88 Å². The summed E-state index contributed by atoms with van der Waals surface area (Å²) in [6, 6.07) is 2.43. The highest BCUT2D eigenvalue weighted by molar-refractivity contribution is 6.07. The van der Waals surface area contributed by atoms with Gasteiger partial charge in [-0.25, -0.2) is 4.79 Å². The van der Waals surface area contributed by atoms with E-state index < -0.39 is 12.0 Å². The predicted molar refractivity (Wildman–Crippen MR) is 106 cm³/mol. The highest BCUT2D eigenvalue weighted by atomic mass is 16.5. The van der Waals surface area contributed by atoms with Crippen molar-refractivity contribution in [2.75, 3.05) is 26.9 Å². The van der Waals surface area contributed by atoms with Crippen LogP contribution in [-0.2, 0) is 9.47 Å². The lowest BCUT2D eigenvalue weighted by molar-refractivity contribution is 0.0518. The van der Waals surface area contributed by atoms with Gasteiger partial charge in [0.2, 0.25) is 0 Å². The van der Waals surface area contributed by atoms with Crippen molar-refractivity contribution in [2.45, 2.75) is 40.2 Å². The minimum atomic E-state index is -0.757. The van der Waals surface area contributed by atoms with Crippen LogP contribution >= 0.6 is 0 Å². The van der Waals surface area contributed by atoms with Gasteiger partial charge < -0.3 is 23.8 Å². The molecule has 0 radical (unpaired) electrons. The van der Waals surface area contributed by atoms with Gasteiger partial charge in [-0.2, -0.15) is 0 Å². The van der Waals surface area contributed by atoms with E-state index in [0.717, 1.165) is 0 Å². The fraction of sp³-hybridized carbons (Fsp3) is 0.476. The number of hydrogen-bond acceptors (Lipinski definition) is 6. The number of ether oxygens (including phenoxy) is 2. The van der Waals surface area contributed by atoms with E-state index in [1.54, 1.807) is 46.9 Å². The molecule has 8 nitrogen and oxygen atoms in total. The third-order valence-corrected chi connectivity index (χ3v) is 4.75. The van der Waals surface area contributed by atoms with Crippen molar-refractivity contribution in [3.63, 3.8) is 0 Å². The van der Waals surface area contributed by atoms with Crippen LogP contribution in [0.2, 0.25) is 0 Å². The summed E-state index contributed by atoms with van der Waals surface area (Å²) in [6.45, 7) is 7.83. The summed E-state index contributed by atoms with van der Waals surface area (Å²) in [4.78, 5) is 42.8. The van der Waals surface area contributed by atoms with Gasteiger partial charge in [-0.15, -0.1) is 0 Å². The first-order valence-corrected chi connectivity index (χ1v) is 9.57. The minimum Gasteiger partial charge on any atom is -0.461 e. The summed E-state index contributed by atoms with van der Waals surface area (Å²) in [5.74, 6) is -0.979. The molecule has 0 saturated carbocycles. The molecule has 29 heavy (non-hydrogen) atoms. The third kappa shape index (κ3) is 4.95. The molecular weight excluding hydrogens is 376 g/mol. The maximum atomic E-state index is 13.3. The minimum absolute atomic E-state index is 0.164. The molecule has 0 aliphatic rings. The van der Waals surface area contributed by atoms with E-state index >= 15 is 0 Å². The first kappa shape index (κ1) is 22.4. The molecule has 0 aliphatic heterocycles. The zero-order chi connectivity index (χ0) is 21.6. The zero-order valence-corrected chi connectivity index (χ0v) is 17.5. The normalized spacial score (nSPS) is 11.9. The van der Waals surface area contributed by atoms with Crippen LogP contribution in [0, 0.1) is 13.8 Å². The zero-order valence-electron chi connectivity index (χ0n) is 17.5. The summed E-state index contributed by atoms with van der Waals surface area (Å²) in [5.41, 5.74) is 1.72. The van der Waals surface area contributed by atoms with Crippen LogP contribution in [0.4, 0.5) is 0 Å². The number of rotatable bonds is 10. The Morgan fingerprint density at radius 1 is 1.28 bits per heavy atom. The van der Waals surface area contributed by atoms with E-state index in [9.17, 15) is 14.4 Å². The number of aromatic nitrogens is 1. The van der Waals surface area contributed by atoms with E-state index in [-0.39, 0.29) is 29.8 Å². The highest BCUT2D eigenvalue weighted by Gasteiger charge is 2.32. The summed E-state index contributed by atoms with van der Waals surface area (Å²) < 4.78 is 15.3. The number of hydrogen-bond donors (Lipinski definition) is 1. The average molecular weight is 404 g/mol. The Labute approximate surface area is 170 Å². The Morgan fingerprint density at radius 3 is 2.59 bits per heavy atom. The first-order chi connectivity index (χ1) is 13.8. The Hall–Kier alpha value is -2.87. The Morgan fingerprint density at radius 2 is 2.00 bits per heavy atom. The van der Waals surface area contributed by atoms with Crippen molar-refractivity contribution in [1.29, 1.82) is 0 Å². The van der Waals surface area contributed by atoms with E-state index in [4.69, 9.17) is 13.9 Å². The fourth-order valence-electron chi connectivity index (χ4n) is 3.27. The number of ketones is 1. The molecule has 1 amide bonds. The molecule has 0 bridgehead atoms. The number of aromatic amines is 1. The van der Waals surface area contributed by atoms with Crippen molar-refractivity contribution in [2.24, 2.45) is 0 Å². The number of nitrogens with zero attached hydrogens (tertiary/aromatic N) is 1. The van der Waals surface area contributed by atoms with Crippen molar-refractivity contribution >= 4 is 17.7 Å². The molecule has 0 aliphatic carbocycles. The number of carbonyl (C=O) groups is 3. The van der Waals surface area contributed by atoms with Crippen molar-refractivity contribution in [3.8, 4) is 0 Å². The van der Waals surface area contributed by atoms with Gasteiger partial charge in [0.15, 0.2) is 11.5 Å². The van der Waals surface area contributed by atoms with Crippen molar-refractivity contribution in [3.05, 3.63) is 46.7 Å². The molecule has 1 N–H and O–H groups in total. The molecule has 0 fully saturated rings. The second kappa shape index (κ2) is 10.1. The largest absolute Gasteiger partial charge is 0.461 e. The molecule has 2 aromatic rings. The average Bonchev–Trinajstić information content (AvgIpc) is 3.32. The predicted octanol–water partition coefficient (Wildman–Crippen LogP) is 3.15. The van der Waals surface area contributed by atoms with Gasteiger partial charge in [-0.05, 0) is 51.8 Å². The maximum Gasteiger partial charge on any atom is 0.355 e. The lowest BCUT2D eigenvalue weighted by Gasteiger charge is -2.28. The van der Waals surface area contributed by atoms with Crippen LogP contribution in [0.3, 0.4) is 0 Å². The Balaban J connectivity index is 2.33. The monoisotopic (exact) mass is 404 g/mol. The molecule has 8 heteroatoms. The standard InChI is InChI=1S/C21H28N2O6/c1-6-28-21(26)18-13(2)17(14(3)22-18)19(24)15(4)23(10-8-11-27-5)20(25)16-9-7-12-29-16/h7,9,12,15,22H,6,8,10-11H2,1-5H3/t15-/m0/s1. The number of esters is 1. The van der Waals surface area contributed by atoms with Crippen molar-refractivity contribution < 1.29 is 28.3 Å². The van der Waals surface area contributed by atoms with Crippen LogP contribution in [0.1, 0.15) is 62.9 Å². The van der Waals surface area contributed by atoms with E-state index in [1.807, 2.05) is 0 Å².